The maximum absolute atomic E-state index is 7.47. The molecule has 1 heterocycles. The summed E-state index contributed by atoms with van der Waals surface area (Å²) in [7, 11) is 0. The maximum Gasteiger partial charge on any atom is 0.0355 e. The van der Waals surface area contributed by atoms with Gasteiger partial charge < -0.3 is 5.41 Å². The Bertz CT molecular complexity index is 428. The molecule has 1 nitrogen and oxygen atoms in total. The first-order chi connectivity index (χ1) is 5.77. The predicted molar refractivity (Wildman–Crippen MR) is 54.3 cm³/mol. The van der Waals surface area contributed by atoms with E-state index in [1.807, 2.05) is 13.0 Å². The molecule has 0 fully saturated rings. The topological polar surface area (TPSA) is 23.9 Å². The van der Waals surface area contributed by atoms with Gasteiger partial charge in [0.25, 0.3) is 0 Å². The third-order valence-electron chi connectivity index (χ3n) is 1.89. The zero-order chi connectivity index (χ0) is 8.55. The Morgan fingerprint density at radius 2 is 2.17 bits per heavy atom. The molecule has 0 spiro atoms. The molecule has 0 atom stereocenters. The van der Waals surface area contributed by atoms with Crippen molar-refractivity contribution in [3.8, 4) is 0 Å². The van der Waals surface area contributed by atoms with Gasteiger partial charge in [0, 0.05) is 10.4 Å². The molecule has 2 aromatic rings. The Morgan fingerprint density at radius 1 is 1.33 bits per heavy atom. The summed E-state index contributed by atoms with van der Waals surface area (Å²) in [6, 6.07) is 8.24. The number of benzene rings is 1. The van der Waals surface area contributed by atoms with E-state index in [2.05, 4.69) is 23.6 Å². The lowest BCUT2D eigenvalue weighted by Crippen LogP contribution is -1.89. The number of hydrogen-bond donors (Lipinski definition) is 1. The molecule has 1 aromatic carbocycles. The van der Waals surface area contributed by atoms with Gasteiger partial charge in [0.05, 0.1) is 0 Å². The Hall–Kier alpha value is -1.15. The Labute approximate surface area is 75.2 Å². The summed E-state index contributed by atoms with van der Waals surface area (Å²) in [6.07, 6.45) is 0. The minimum atomic E-state index is 0.630. The number of hydrogen-bond acceptors (Lipinski definition) is 2. The second-order valence-corrected chi connectivity index (χ2v) is 3.75. The second kappa shape index (κ2) is 2.72. The standard InChI is InChI=1S/C10H9NS/c1-7(11)9-3-2-8-4-5-12-10(8)6-9/h2-6,11H,1H3. The quantitative estimate of drug-likeness (QED) is 0.643. The number of nitrogens with one attached hydrogen (secondary N) is 1. The van der Waals surface area contributed by atoms with E-state index in [9.17, 15) is 0 Å². The highest BCUT2D eigenvalue weighted by Gasteiger charge is 1.98. The molecule has 0 aliphatic carbocycles. The molecular weight excluding hydrogens is 166 g/mol. The number of fused-ring (bicyclic) bond motifs is 1. The van der Waals surface area contributed by atoms with Gasteiger partial charge in [0.2, 0.25) is 0 Å². The van der Waals surface area contributed by atoms with Crippen LogP contribution in [0, 0.1) is 5.41 Å². The van der Waals surface area contributed by atoms with E-state index in [-0.39, 0.29) is 0 Å². The fourth-order valence-corrected chi connectivity index (χ4v) is 2.02. The van der Waals surface area contributed by atoms with Crippen LogP contribution in [-0.4, -0.2) is 5.71 Å². The van der Waals surface area contributed by atoms with Crippen molar-refractivity contribution < 1.29 is 0 Å². The molecule has 0 radical (unpaired) electrons. The van der Waals surface area contributed by atoms with E-state index in [1.54, 1.807) is 11.3 Å². The van der Waals surface area contributed by atoms with E-state index in [4.69, 9.17) is 5.41 Å². The summed E-state index contributed by atoms with van der Waals surface area (Å²) >= 11 is 1.72. The minimum absolute atomic E-state index is 0.630. The van der Waals surface area contributed by atoms with Gasteiger partial charge in [-0.2, -0.15) is 0 Å². The van der Waals surface area contributed by atoms with Crippen molar-refractivity contribution in [2.75, 3.05) is 0 Å². The summed E-state index contributed by atoms with van der Waals surface area (Å²) in [6.45, 7) is 1.81. The van der Waals surface area contributed by atoms with E-state index in [0.29, 0.717) is 5.71 Å². The van der Waals surface area contributed by atoms with E-state index in [1.165, 1.54) is 10.1 Å². The molecule has 0 saturated heterocycles. The van der Waals surface area contributed by atoms with Gasteiger partial charge in [0.1, 0.15) is 0 Å². The molecule has 60 valence electrons. The molecule has 1 aromatic heterocycles. The molecule has 0 unspecified atom stereocenters. The van der Waals surface area contributed by atoms with Crippen LogP contribution in [0.5, 0.6) is 0 Å². The molecule has 0 saturated carbocycles. The Morgan fingerprint density at radius 3 is 2.92 bits per heavy atom. The van der Waals surface area contributed by atoms with Gasteiger partial charge in [-0.05, 0) is 35.4 Å². The zero-order valence-electron chi connectivity index (χ0n) is 6.79. The first-order valence-electron chi connectivity index (χ1n) is 3.80. The predicted octanol–water partition coefficient (Wildman–Crippen LogP) is 3.29. The van der Waals surface area contributed by atoms with Crippen LogP contribution in [-0.2, 0) is 0 Å². The van der Waals surface area contributed by atoms with Crippen LogP contribution in [0.15, 0.2) is 29.6 Å². The molecule has 0 bridgehead atoms. The van der Waals surface area contributed by atoms with E-state index in [0.717, 1.165) is 5.56 Å². The van der Waals surface area contributed by atoms with Crippen molar-refractivity contribution >= 4 is 27.1 Å². The summed E-state index contributed by atoms with van der Waals surface area (Å²) in [5.41, 5.74) is 1.65. The van der Waals surface area contributed by atoms with Crippen molar-refractivity contribution in [3.63, 3.8) is 0 Å². The van der Waals surface area contributed by atoms with Gasteiger partial charge in [-0.25, -0.2) is 0 Å². The lowest BCUT2D eigenvalue weighted by molar-refractivity contribution is 1.47. The molecule has 2 heteroatoms. The van der Waals surface area contributed by atoms with E-state index < -0.39 is 0 Å². The largest absolute Gasteiger partial charge is 0.305 e. The average Bonchev–Trinajstić information content (AvgIpc) is 2.49. The van der Waals surface area contributed by atoms with Gasteiger partial charge in [-0.1, -0.05) is 12.1 Å². The summed E-state index contributed by atoms with van der Waals surface area (Å²) in [5.74, 6) is 0. The molecule has 12 heavy (non-hydrogen) atoms. The van der Waals surface area contributed by atoms with Crippen LogP contribution >= 0.6 is 11.3 Å². The lowest BCUT2D eigenvalue weighted by atomic mass is 10.1. The first-order valence-corrected chi connectivity index (χ1v) is 4.68. The Kier molecular flexibility index (Phi) is 1.70. The molecule has 2 rings (SSSR count). The smallest absolute Gasteiger partial charge is 0.0355 e. The average molecular weight is 175 g/mol. The zero-order valence-corrected chi connectivity index (χ0v) is 7.61. The van der Waals surface area contributed by atoms with Gasteiger partial charge in [0.15, 0.2) is 0 Å². The van der Waals surface area contributed by atoms with E-state index >= 15 is 0 Å². The highest BCUT2D eigenvalue weighted by molar-refractivity contribution is 7.17. The molecule has 0 amide bonds. The van der Waals surface area contributed by atoms with Crippen LogP contribution in [0.2, 0.25) is 0 Å². The molecule has 1 N–H and O–H groups in total. The maximum atomic E-state index is 7.47. The van der Waals surface area contributed by atoms with Gasteiger partial charge in [-0.3, -0.25) is 0 Å². The monoisotopic (exact) mass is 175 g/mol. The Balaban J connectivity index is 2.68. The number of thiophene rings is 1. The summed E-state index contributed by atoms with van der Waals surface area (Å²) in [4.78, 5) is 0. The number of rotatable bonds is 1. The summed E-state index contributed by atoms with van der Waals surface area (Å²) in [5, 5.41) is 10.8. The van der Waals surface area contributed by atoms with Crippen molar-refractivity contribution in [2.45, 2.75) is 6.92 Å². The molecule has 0 aliphatic heterocycles. The summed E-state index contributed by atoms with van der Waals surface area (Å²) < 4.78 is 1.26. The van der Waals surface area contributed by atoms with Crippen molar-refractivity contribution in [1.29, 1.82) is 5.41 Å². The van der Waals surface area contributed by atoms with Crippen LogP contribution in [0.25, 0.3) is 10.1 Å². The van der Waals surface area contributed by atoms with Crippen molar-refractivity contribution in [2.24, 2.45) is 0 Å². The molecule has 0 aliphatic rings. The third-order valence-corrected chi connectivity index (χ3v) is 2.77. The second-order valence-electron chi connectivity index (χ2n) is 2.80. The van der Waals surface area contributed by atoms with Crippen LogP contribution in [0.3, 0.4) is 0 Å². The fourth-order valence-electron chi connectivity index (χ4n) is 1.19. The van der Waals surface area contributed by atoms with Crippen LogP contribution in [0.4, 0.5) is 0 Å². The fraction of sp³-hybridized carbons (Fsp3) is 0.100. The minimum Gasteiger partial charge on any atom is -0.305 e. The third kappa shape index (κ3) is 1.14. The lowest BCUT2D eigenvalue weighted by Gasteiger charge is -1.96. The van der Waals surface area contributed by atoms with Gasteiger partial charge >= 0.3 is 0 Å². The normalized spacial score (nSPS) is 10.4. The van der Waals surface area contributed by atoms with Crippen molar-refractivity contribution in [3.05, 3.63) is 35.2 Å². The van der Waals surface area contributed by atoms with Crippen molar-refractivity contribution in [1.82, 2.24) is 0 Å². The SMILES string of the molecule is CC(=N)c1ccc2ccsc2c1. The highest BCUT2D eigenvalue weighted by Crippen LogP contribution is 2.21. The molecular formula is C10H9NS. The first kappa shape index (κ1) is 7.50. The van der Waals surface area contributed by atoms with Gasteiger partial charge in [-0.15, -0.1) is 11.3 Å². The highest BCUT2D eigenvalue weighted by atomic mass is 32.1. The van der Waals surface area contributed by atoms with Crippen LogP contribution < -0.4 is 0 Å². The van der Waals surface area contributed by atoms with Crippen LogP contribution in [0.1, 0.15) is 12.5 Å².